The zero-order valence-corrected chi connectivity index (χ0v) is 11.6. The summed E-state index contributed by atoms with van der Waals surface area (Å²) in [6.07, 6.45) is 8.86. The lowest BCUT2D eigenvalue weighted by Gasteiger charge is -2.43. The summed E-state index contributed by atoms with van der Waals surface area (Å²) in [4.78, 5) is 12.5. The molecule has 0 aromatic carbocycles. The fraction of sp³-hybridized carbons (Fsp3) is 0.933. The Balaban J connectivity index is 1.99. The van der Waals surface area contributed by atoms with E-state index in [2.05, 4.69) is 6.92 Å². The molecule has 2 fully saturated rings. The van der Waals surface area contributed by atoms with Crippen molar-refractivity contribution < 1.29 is 9.53 Å². The molecule has 1 saturated heterocycles. The summed E-state index contributed by atoms with van der Waals surface area (Å²) in [5.41, 5.74) is 5.74. The molecular weight excluding hydrogens is 226 g/mol. The maximum absolute atomic E-state index is 12.5. The number of ether oxygens (including phenoxy) is 1. The van der Waals surface area contributed by atoms with Gasteiger partial charge < -0.3 is 10.5 Å². The maximum atomic E-state index is 12.5. The Morgan fingerprint density at radius 2 is 2.11 bits per heavy atom. The highest BCUT2D eigenvalue weighted by molar-refractivity contribution is 5.83. The number of carbonyl (C=O) groups excluding carboxylic acids is 1. The molecule has 2 aliphatic rings. The van der Waals surface area contributed by atoms with Crippen LogP contribution in [0.3, 0.4) is 0 Å². The van der Waals surface area contributed by atoms with E-state index in [-0.39, 0.29) is 17.4 Å². The number of nitrogens with two attached hydrogens (primary N) is 1. The van der Waals surface area contributed by atoms with Gasteiger partial charge in [-0.15, -0.1) is 0 Å². The summed E-state index contributed by atoms with van der Waals surface area (Å²) in [6.45, 7) is 3.32. The van der Waals surface area contributed by atoms with Crippen molar-refractivity contribution in [1.82, 2.24) is 0 Å². The van der Waals surface area contributed by atoms with E-state index in [0.29, 0.717) is 12.3 Å². The molecule has 3 heteroatoms. The van der Waals surface area contributed by atoms with Crippen molar-refractivity contribution in [3.05, 3.63) is 0 Å². The Hall–Kier alpha value is -0.410. The Labute approximate surface area is 110 Å². The van der Waals surface area contributed by atoms with E-state index in [9.17, 15) is 4.79 Å². The first-order valence-corrected chi connectivity index (χ1v) is 7.58. The van der Waals surface area contributed by atoms with Crippen LogP contribution in [-0.4, -0.2) is 24.5 Å². The van der Waals surface area contributed by atoms with Crippen LogP contribution in [-0.2, 0) is 9.53 Å². The van der Waals surface area contributed by atoms with E-state index in [1.54, 1.807) is 0 Å². The molecule has 1 spiro atoms. The average molecular weight is 253 g/mol. The van der Waals surface area contributed by atoms with Crippen molar-refractivity contribution in [3.63, 3.8) is 0 Å². The monoisotopic (exact) mass is 253 g/mol. The van der Waals surface area contributed by atoms with Crippen molar-refractivity contribution in [2.24, 2.45) is 17.6 Å². The minimum atomic E-state index is 0.0315. The van der Waals surface area contributed by atoms with Gasteiger partial charge in [0, 0.05) is 25.0 Å². The molecular formula is C15H27NO2. The summed E-state index contributed by atoms with van der Waals surface area (Å²) >= 11 is 0. The van der Waals surface area contributed by atoms with E-state index < -0.39 is 0 Å². The zero-order valence-electron chi connectivity index (χ0n) is 11.6. The van der Waals surface area contributed by atoms with Crippen LogP contribution >= 0.6 is 0 Å². The quantitative estimate of drug-likeness (QED) is 0.838. The fourth-order valence-electron chi connectivity index (χ4n) is 3.63. The number of rotatable bonds is 4. The van der Waals surface area contributed by atoms with Crippen molar-refractivity contribution in [1.29, 1.82) is 0 Å². The molecule has 0 aromatic heterocycles. The van der Waals surface area contributed by atoms with Gasteiger partial charge in [0.05, 0.1) is 5.60 Å². The molecule has 1 aliphatic carbocycles. The molecule has 0 amide bonds. The molecule has 18 heavy (non-hydrogen) atoms. The van der Waals surface area contributed by atoms with Gasteiger partial charge in [0.2, 0.25) is 0 Å². The molecule has 1 saturated carbocycles. The second kappa shape index (κ2) is 6.16. The van der Waals surface area contributed by atoms with Gasteiger partial charge in [-0.2, -0.15) is 0 Å². The van der Waals surface area contributed by atoms with Gasteiger partial charge in [-0.05, 0) is 32.1 Å². The molecule has 0 bridgehead atoms. The number of hydrogen-bond donors (Lipinski definition) is 1. The van der Waals surface area contributed by atoms with Crippen molar-refractivity contribution >= 4 is 5.78 Å². The standard InChI is InChI=1S/C15H27NO2/c1-2-12(11-16)14(17)13-6-9-18-15(10-13)7-4-3-5-8-15/h12-13H,2-11,16H2,1H3. The van der Waals surface area contributed by atoms with Crippen LogP contribution in [0.15, 0.2) is 0 Å². The highest BCUT2D eigenvalue weighted by atomic mass is 16.5. The summed E-state index contributed by atoms with van der Waals surface area (Å²) in [6, 6.07) is 0. The molecule has 3 nitrogen and oxygen atoms in total. The van der Waals surface area contributed by atoms with Crippen molar-refractivity contribution in [3.8, 4) is 0 Å². The van der Waals surface area contributed by atoms with Gasteiger partial charge >= 0.3 is 0 Å². The molecule has 2 unspecified atom stereocenters. The largest absolute Gasteiger partial charge is 0.375 e. The van der Waals surface area contributed by atoms with Gasteiger partial charge in [-0.25, -0.2) is 0 Å². The predicted molar refractivity (Wildman–Crippen MR) is 72.3 cm³/mol. The molecule has 2 rings (SSSR count). The maximum Gasteiger partial charge on any atom is 0.140 e. The number of carbonyl (C=O) groups is 1. The summed E-state index contributed by atoms with van der Waals surface area (Å²) in [5.74, 6) is 0.660. The van der Waals surface area contributed by atoms with Gasteiger partial charge in [-0.1, -0.05) is 26.2 Å². The number of Topliss-reactive ketones (excluding diaryl/α,β-unsaturated/α-hetero) is 1. The Morgan fingerprint density at radius 3 is 2.72 bits per heavy atom. The summed E-state index contributed by atoms with van der Waals surface area (Å²) in [5, 5.41) is 0. The minimum absolute atomic E-state index is 0.0315. The van der Waals surface area contributed by atoms with Gasteiger partial charge in [0.15, 0.2) is 0 Å². The first kappa shape index (κ1) is 14.0. The first-order valence-electron chi connectivity index (χ1n) is 7.58. The fourth-order valence-corrected chi connectivity index (χ4v) is 3.63. The van der Waals surface area contributed by atoms with Crippen LogP contribution in [0.25, 0.3) is 0 Å². The van der Waals surface area contributed by atoms with Crippen LogP contribution in [0.4, 0.5) is 0 Å². The number of ketones is 1. The molecule has 0 radical (unpaired) electrons. The average Bonchev–Trinajstić information content (AvgIpc) is 2.41. The smallest absolute Gasteiger partial charge is 0.140 e. The Kier molecular flexibility index (Phi) is 4.79. The van der Waals surface area contributed by atoms with Crippen LogP contribution in [0.2, 0.25) is 0 Å². The highest BCUT2D eigenvalue weighted by Gasteiger charge is 2.41. The molecule has 1 aliphatic heterocycles. The van der Waals surface area contributed by atoms with E-state index in [0.717, 1.165) is 38.7 Å². The van der Waals surface area contributed by atoms with E-state index in [1.807, 2.05) is 0 Å². The minimum Gasteiger partial charge on any atom is -0.375 e. The molecule has 2 N–H and O–H groups in total. The predicted octanol–water partition coefficient (Wildman–Crippen LogP) is 2.67. The zero-order chi connectivity index (χ0) is 13.0. The second-order valence-corrected chi connectivity index (χ2v) is 6.03. The Bertz CT molecular complexity index is 275. The first-order chi connectivity index (χ1) is 8.71. The van der Waals surface area contributed by atoms with Crippen molar-refractivity contribution in [2.75, 3.05) is 13.2 Å². The normalized spacial score (nSPS) is 29.1. The van der Waals surface area contributed by atoms with Gasteiger partial charge in [0.25, 0.3) is 0 Å². The van der Waals surface area contributed by atoms with Crippen LogP contribution in [0, 0.1) is 11.8 Å². The van der Waals surface area contributed by atoms with E-state index in [1.165, 1.54) is 19.3 Å². The highest BCUT2D eigenvalue weighted by Crippen LogP contribution is 2.41. The lowest BCUT2D eigenvalue weighted by molar-refractivity contribution is -0.145. The molecule has 0 aromatic rings. The van der Waals surface area contributed by atoms with Crippen molar-refractivity contribution in [2.45, 2.75) is 63.9 Å². The van der Waals surface area contributed by atoms with Gasteiger partial charge in [0.1, 0.15) is 5.78 Å². The second-order valence-electron chi connectivity index (χ2n) is 6.03. The van der Waals surface area contributed by atoms with E-state index in [4.69, 9.17) is 10.5 Å². The third kappa shape index (κ3) is 2.94. The van der Waals surface area contributed by atoms with Crippen LogP contribution in [0.5, 0.6) is 0 Å². The third-order valence-electron chi connectivity index (χ3n) is 4.84. The topological polar surface area (TPSA) is 52.3 Å². The summed E-state index contributed by atoms with van der Waals surface area (Å²) < 4.78 is 6.05. The molecule has 104 valence electrons. The summed E-state index contributed by atoms with van der Waals surface area (Å²) in [7, 11) is 0. The SMILES string of the molecule is CCC(CN)C(=O)C1CCOC2(CCCCC2)C1. The lowest BCUT2D eigenvalue weighted by atomic mass is 9.73. The van der Waals surface area contributed by atoms with E-state index >= 15 is 0 Å². The van der Waals surface area contributed by atoms with Crippen LogP contribution in [0.1, 0.15) is 58.3 Å². The van der Waals surface area contributed by atoms with Gasteiger partial charge in [-0.3, -0.25) is 4.79 Å². The molecule has 1 heterocycles. The molecule has 2 atom stereocenters. The third-order valence-corrected chi connectivity index (χ3v) is 4.84. The number of hydrogen-bond acceptors (Lipinski definition) is 3. The lowest BCUT2D eigenvalue weighted by Crippen LogP contribution is -2.45. The Morgan fingerprint density at radius 1 is 1.39 bits per heavy atom. The van der Waals surface area contributed by atoms with Crippen LogP contribution < -0.4 is 5.73 Å².